The monoisotopic (exact) mass is 541 g/mol. The Morgan fingerprint density at radius 2 is 1.55 bits per heavy atom. The first-order valence-corrected chi connectivity index (χ1v) is 11.0. The van der Waals surface area contributed by atoms with Crippen LogP contribution in [0.1, 0.15) is 25.3 Å². The molecule has 0 aromatic heterocycles. The van der Waals surface area contributed by atoms with Gasteiger partial charge in [-0.2, -0.15) is 8.78 Å². The first kappa shape index (κ1) is 29.7. The predicted octanol–water partition coefficient (Wildman–Crippen LogP) is 1.99. The second-order valence-corrected chi connectivity index (χ2v) is 8.01. The molecule has 2 rings (SSSR count). The van der Waals surface area contributed by atoms with Crippen molar-refractivity contribution in [2.75, 3.05) is 11.9 Å². The number of amides is 3. The fourth-order valence-corrected chi connectivity index (χ4v) is 3.02. The van der Waals surface area contributed by atoms with Crippen LogP contribution in [0, 0.1) is 30.2 Å². The highest BCUT2D eigenvalue weighted by atomic mass is 19.2. The predicted molar refractivity (Wildman–Crippen MR) is 123 cm³/mol. The van der Waals surface area contributed by atoms with Crippen molar-refractivity contribution in [3.8, 4) is 5.75 Å². The average molecular weight is 541 g/mol. The summed E-state index contributed by atoms with van der Waals surface area (Å²) >= 11 is 0. The Balaban J connectivity index is 2.04. The van der Waals surface area contributed by atoms with Crippen LogP contribution in [-0.4, -0.2) is 53.3 Å². The number of anilines is 1. The van der Waals surface area contributed by atoms with E-state index in [0.717, 1.165) is 0 Å². The number of aryl methyl sites for hydroxylation is 1. The molecule has 4 N–H and O–H groups in total. The molecule has 10 nitrogen and oxygen atoms in total. The van der Waals surface area contributed by atoms with Gasteiger partial charge in [-0.3, -0.25) is 24.0 Å². The number of rotatable bonds is 11. The van der Waals surface area contributed by atoms with Gasteiger partial charge in [-0.1, -0.05) is 18.2 Å². The number of hydrogen-bond donors (Lipinski definition) is 4. The molecule has 0 bridgehead atoms. The first-order valence-electron chi connectivity index (χ1n) is 11.0. The maximum atomic E-state index is 13.8. The number of carbonyl (C=O) groups is 5. The Labute approximate surface area is 213 Å². The van der Waals surface area contributed by atoms with Crippen molar-refractivity contribution in [3.63, 3.8) is 0 Å². The van der Waals surface area contributed by atoms with Gasteiger partial charge >= 0.3 is 17.8 Å². The van der Waals surface area contributed by atoms with E-state index < -0.39 is 90.0 Å². The topological polar surface area (TPSA) is 151 Å². The van der Waals surface area contributed by atoms with Gasteiger partial charge in [-0.05, 0) is 31.9 Å². The minimum atomic E-state index is -1.90. The van der Waals surface area contributed by atoms with Crippen LogP contribution in [0.15, 0.2) is 30.3 Å². The fourth-order valence-electron chi connectivity index (χ4n) is 3.02. The second kappa shape index (κ2) is 13.2. The molecule has 2 atom stereocenters. The third-order valence-corrected chi connectivity index (χ3v) is 5.12. The number of benzene rings is 2. The molecule has 0 fully saturated rings. The smallest absolute Gasteiger partial charge is 0.313 e. The first-order chi connectivity index (χ1) is 17.8. The van der Waals surface area contributed by atoms with Crippen molar-refractivity contribution in [1.82, 2.24) is 10.6 Å². The van der Waals surface area contributed by atoms with E-state index in [9.17, 15) is 41.5 Å². The van der Waals surface area contributed by atoms with Crippen LogP contribution in [0.25, 0.3) is 0 Å². The zero-order chi connectivity index (χ0) is 28.6. The number of ether oxygens (including phenoxy) is 1. The molecule has 0 spiro atoms. The van der Waals surface area contributed by atoms with E-state index in [0.29, 0.717) is 11.3 Å². The number of ketones is 1. The van der Waals surface area contributed by atoms with Crippen molar-refractivity contribution in [3.05, 3.63) is 59.2 Å². The molecule has 2 aromatic carbocycles. The number of carboxylic acid groups (broad SMARTS) is 1. The van der Waals surface area contributed by atoms with E-state index in [1.165, 1.54) is 6.92 Å². The second-order valence-electron chi connectivity index (χ2n) is 8.01. The number of Topliss-reactive ketones (excluding diaryl/α,β-unsaturated/α-hetero) is 1. The number of aliphatic carboxylic acids is 1. The van der Waals surface area contributed by atoms with E-state index in [2.05, 4.69) is 20.7 Å². The lowest BCUT2D eigenvalue weighted by Crippen LogP contribution is -2.52. The summed E-state index contributed by atoms with van der Waals surface area (Å²) in [7, 11) is 0. The summed E-state index contributed by atoms with van der Waals surface area (Å²) in [6.45, 7) is 1.67. The van der Waals surface area contributed by atoms with E-state index in [-0.39, 0.29) is 6.07 Å². The molecule has 38 heavy (non-hydrogen) atoms. The van der Waals surface area contributed by atoms with Crippen molar-refractivity contribution in [2.45, 2.75) is 38.8 Å². The lowest BCUT2D eigenvalue weighted by Gasteiger charge is -2.20. The van der Waals surface area contributed by atoms with Gasteiger partial charge in [0.15, 0.2) is 23.2 Å². The molecule has 0 unspecified atom stereocenters. The summed E-state index contributed by atoms with van der Waals surface area (Å²) in [4.78, 5) is 60.3. The van der Waals surface area contributed by atoms with Gasteiger partial charge < -0.3 is 25.8 Å². The van der Waals surface area contributed by atoms with Crippen LogP contribution in [0.3, 0.4) is 0 Å². The molecular formula is C24H23F4N3O7. The average Bonchev–Trinajstić information content (AvgIpc) is 2.86. The quantitative estimate of drug-likeness (QED) is 0.193. The number of hydrogen-bond acceptors (Lipinski definition) is 6. The summed E-state index contributed by atoms with van der Waals surface area (Å²) < 4.78 is 58.8. The summed E-state index contributed by atoms with van der Waals surface area (Å²) in [6.07, 6.45) is -1.13. The zero-order valence-corrected chi connectivity index (χ0v) is 20.1. The molecule has 2 aromatic rings. The van der Waals surface area contributed by atoms with Crippen molar-refractivity contribution in [2.24, 2.45) is 0 Å². The lowest BCUT2D eigenvalue weighted by atomic mass is 10.1. The van der Waals surface area contributed by atoms with E-state index in [4.69, 9.17) is 5.11 Å². The summed E-state index contributed by atoms with van der Waals surface area (Å²) in [5, 5.41) is 15.5. The van der Waals surface area contributed by atoms with Crippen molar-refractivity contribution >= 4 is 35.2 Å². The van der Waals surface area contributed by atoms with Crippen LogP contribution in [0.2, 0.25) is 0 Å². The SMILES string of the molecule is Cc1ccccc1NC(=O)C(=O)N[C@@H](C)C(=O)N[C@@H](CCC(=O)O)C(=O)COc1c(F)c(F)cc(F)c1F. The van der Waals surface area contributed by atoms with Crippen molar-refractivity contribution in [1.29, 1.82) is 0 Å². The third kappa shape index (κ3) is 8.01. The Kier molecular flexibility index (Phi) is 10.3. The van der Waals surface area contributed by atoms with Gasteiger partial charge in [0.1, 0.15) is 12.6 Å². The highest BCUT2D eigenvalue weighted by Crippen LogP contribution is 2.26. The fraction of sp³-hybridized carbons (Fsp3) is 0.292. The molecule has 0 aliphatic carbocycles. The van der Waals surface area contributed by atoms with Crippen LogP contribution < -0.4 is 20.7 Å². The standard InChI is InChI=1S/C24H23F4N3O7/c1-11-5-3-4-6-15(11)30-24(37)23(36)29-12(2)22(35)31-16(7-8-18(33)34)17(32)10-38-21-19(27)13(25)9-14(26)20(21)28/h3-6,9,12,16H,7-8,10H2,1-2H3,(H,29,36)(H,30,37)(H,31,35)(H,33,34)/t12-,16-/m0/s1. The van der Waals surface area contributed by atoms with E-state index in [1.807, 2.05) is 0 Å². The van der Waals surface area contributed by atoms with Gasteiger partial charge in [0.2, 0.25) is 17.5 Å². The van der Waals surface area contributed by atoms with Gasteiger partial charge in [-0.25, -0.2) is 8.78 Å². The number of nitrogens with one attached hydrogen (secondary N) is 3. The molecule has 0 radical (unpaired) electrons. The molecule has 0 saturated carbocycles. The van der Waals surface area contributed by atoms with Crippen molar-refractivity contribution < 1.29 is 51.4 Å². The Bertz CT molecular complexity index is 1230. The molecule has 14 heteroatoms. The van der Waals surface area contributed by atoms with Gasteiger partial charge in [0.05, 0.1) is 6.04 Å². The molecule has 0 heterocycles. The molecule has 0 aliphatic heterocycles. The Morgan fingerprint density at radius 1 is 0.947 bits per heavy atom. The molecule has 0 aliphatic rings. The number of halogens is 4. The minimum Gasteiger partial charge on any atom is -0.481 e. The highest BCUT2D eigenvalue weighted by molar-refractivity contribution is 6.40. The van der Waals surface area contributed by atoms with Gasteiger partial charge in [0, 0.05) is 18.2 Å². The normalized spacial score (nSPS) is 12.2. The van der Waals surface area contributed by atoms with Crippen LogP contribution in [0.4, 0.5) is 23.2 Å². The maximum Gasteiger partial charge on any atom is 0.313 e. The zero-order valence-electron chi connectivity index (χ0n) is 20.1. The summed E-state index contributed by atoms with van der Waals surface area (Å²) in [5.74, 6) is -14.6. The number of carboxylic acids is 1. The largest absolute Gasteiger partial charge is 0.481 e. The summed E-state index contributed by atoms with van der Waals surface area (Å²) in [5.41, 5.74) is 1.03. The molecule has 0 saturated heterocycles. The van der Waals surface area contributed by atoms with Gasteiger partial charge in [0.25, 0.3) is 0 Å². The van der Waals surface area contributed by atoms with E-state index >= 15 is 0 Å². The maximum absolute atomic E-state index is 13.8. The van der Waals surface area contributed by atoms with E-state index in [1.54, 1.807) is 31.2 Å². The Hall–Kier alpha value is -4.49. The van der Waals surface area contributed by atoms with Gasteiger partial charge in [-0.15, -0.1) is 0 Å². The van der Waals surface area contributed by atoms with Crippen LogP contribution in [-0.2, 0) is 24.0 Å². The molecule has 3 amide bonds. The van der Waals surface area contributed by atoms with Crippen LogP contribution >= 0.6 is 0 Å². The number of para-hydroxylation sites is 1. The van der Waals surface area contributed by atoms with Crippen LogP contribution in [0.5, 0.6) is 5.75 Å². The number of carbonyl (C=O) groups excluding carboxylic acids is 4. The summed E-state index contributed by atoms with van der Waals surface area (Å²) in [6, 6.07) is 3.53. The highest BCUT2D eigenvalue weighted by Gasteiger charge is 2.28. The lowest BCUT2D eigenvalue weighted by molar-refractivity contribution is -0.139. The minimum absolute atomic E-state index is 0.0633. The third-order valence-electron chi connectivity index (χ3n) is 5.12. The molecule has 204 valence electrons. The molecular weight excluding hydrogens is 518 g/mol. The Morgan fingerprint density at radius 3 is 2.13 bits per heavy atom.